The van der Waals surface area contributed by atoms with Gasteiger partial charge in [0.2, 0.25) is 0 Å². The number of rotatable bonds is 4. The van der Waals surface area contributed by atoms with Crippen LogP contribution in [0.2, 0.25) is 0 Å². The van der Waals surface area contributed by atoms with Crippen LogP contribution < -0.4 is 0 Å². The van der Waals surface area contributed by atoms with E-state index in [0.29, 0.717) is 0 Å². The smallest absolute Gasteiger partial charge is 0.0471 e. The molecule has 0 amide bonds. The highest BCUT2D eigenvalue weighted by Gasteiger charge is 2.14. The van der Waals surface area contributed by atoms with Gasteiger partial charge in [-0.3, -0.25) is 0 Å². The molecule has 0 unspecified atom stereocenters. The molecule has 14 heavy (non-hydrogen) atoms. The van der Waals surface area contributed by atoms with E-state index >= 15 is 0 Å². The third kappa shape index (κ3) is 3.91. The summed E-state index contributed by atoms with van der Waals surface area (Å²) in [5.74, 6) is 0. The summed E-state index contributed by atoms with van der Waals surface area (Å²) in [6.07, 6.45) is 0. The van der Waals surface area contributed by atoms with E-state index in [9.17, 15) is 0 Å². The van der Waals surface area contributed by atoms with E-state index in [4.69, 9.17) is 35.6 Å². The quantitative estimate of drug-likeness (QED) is 0.181. The Kier molecular flexibility index (Phi) is 9.23. The lowest BCUT2D eigenvalue weighted by molar-refractivity contribution is 1.48. The van der Waals surface area contributed by atoms with Gasteiger partial charge in [-0.05, 0) is 87.9 Å². The number of halogens is 8. The van der Waals surface area contributed by atoms with Crippen molar-refractivity contribution >= 4 is 116 Å². The molecule has 1 aromatic carbocycles. The van der Waals surface area contributed by atoms with Gasteiger partial charge >= 0.3 is 0 Å². The van der Waals surface area contributed by atoms with Crippen LogP contribution in [0.4, 0.5) is 0 Å². The van der Waals surface area contributed by atoms with Crippen LogP contribution in [0.15, 0.2) is 12.1 Å². The van der Waals surface area contributed by atoms with Crippen LogP contribution in [0, 0.1) is 14.3 Å². The Morgan fingerprint density at radius 3 is 1.21 bits per heavy atom. The number of benzene rings is 1. The van der Waals surface area contributed by atoms with E-state index in [0.717, 1.165) is 0 Å². The molecule has 0 aliphatic heterocycles. The lowest BCUT2D eigenvalue weighted by Crippen LogP contribution is -1.91. The summed E-state index contributed by atoms with van der Waals surface area (Å²) in [7, 11) is 23.9. The molecule has 0 aliphatic rings. The maximum atomic E-state index is 6.02. The Balaban J connectivity index is 3.28. The van der Waals surface area contributed by atoms with Crippen LogP contribution in [0.1, 0.15) is 0 Å². The van der Waals surface area contributed by atoms with Gasteiger partial charge in [-0.15, -0.1) is 0 Å². The zero-order chi connectivity index (χ0) is 10.6. The monoisotopic (exact) mass is 722 g/mol. The fourth-order valence-electron chi connectivity index (χ4n) is 0.744. The molecule has 1 rings (SSSR count). The summed E-state index contributed by atoms with van der Waals surface area (Å²) in [6.45, 7) is 0. The molecule has 0 fully saturated rings. The first-order valence-electron chi connectivity index (χ1n) is 2.99. The molecule has 0 nitrogen and oxygen atoms in total. The summed E-state index contributed by atoms with van der Waals surface area (Å²) in [5, 5.41) is 0. The molecule has 0 heterocycles. The second kappa shape index (κ2) is 8.41. The SMILES string of the molecule is Cl[I]c1ccc([I]Cl)c([I]Cl)c1[I]Cl. The first-order chi connectivity index (χ1) is 6.78. The van der Waals surface area contributed by atoms with E-state index in [2.05, 4.69) is 12.1 Å². The van der Waals surface area contributed by atoms with Crippen LogP contribution >= 0.6 is 116 Å². The molecule has 0 saturated heterocycles. The minimum atomic E-state index is -0.452. The standard InChI is InChI=1S/C6H2Cl4I4/c7-11-3-1-2-4(12-8)6(14-10)5(3)13-9/h1-2H. The summed E-state index contributed by atoms with van der Waals surface area (Å²) in [4.78, 5) is 0. The van der Waals surface area contributed by atoms with Gasteiger partial charge in [0.15, 0.2) is 0 Å². The Morgan fingerprint density at radius 1 is 0.643 bits per heavy atom. The predicted molar refractivity (Wildman–Crippen MR) is 101 cm³/mol. The van der Waals surface area contributed by atoms with Crippen molar-refractivity contribution in [3.63, 3.8) is 0 Å². The van der Waals surface area contributed by atoms with Crippen molar-refractivity contribution in [2.75, 3.05) is 0 Å². The topological polar surface area (TPSA) is 0 Å². The minimum Gasteiger partial charge on any atom is -0.0490 e. The van der Waals surface area contributed by atoms with E-state index < -0.39 is 80.3 Å². The Bertz CT molecular complexity index is 288. The molecule has 0 spiro atoms. The summed E-state index contributed by atoms with van der Waals surface area (Å²) in [6, 6.07) is 4.16. The zero-order valence-electron chi connectivity index (χ0n) is 6.18. The van der Waals surface area contributed by atoms with Crippen molar-refractivity contribution in [3.8, 4) is 0 Å². The molecule has 0 saturated carbocycles. The van der Waals surface area contributed by atoms with Gasteiger partial charge < -0.3 is 0 Å². The van der Waals surface area contributed by atoms with Gasteiger partial charge in [-0.1, -0.05) is 0 Å². The normalized spacial score (nSPS) is 10.6. The van der Waals surface area contributed by atoms with Crippen molar-refractivity contribution in [1.29, 1.82) is 0 Å². The molecule has 8 heteroatoms. The lowest BCUT2D eigenvalue weighted by Gasteiger charge is -2.09. The number of hydrogen-bond donors (Lipinski definition) is 0. The average Bonchev–Trinajstić information content (AvgIpc) is 2.26. The summed E-state index contributed by atoms with van der Waals surface area (Å²) in [5.41, 5.74) is 0. The molecule has 82 valence electrons. The second-order valence-electron chi connectivity index (χ2n) is 1.94. The van der Waals surface area contributed by atoms with Gasteiger partial charge in [0, 0.05) is 54.4 Å². The van der Waals surface area contributed by atoms with Crippen LogP contribution in [0.3, 0.4) is 0 Å². The largest absolute Gasteiger partial charge is 0.0490 e. The van der Waals surface area contributed by atoms with Crippen molar-refractivity contribution in [2.45, 2.75) is 0 Å². The predicted octanol–water partition coefficient (Wildman–Crippen LogP) is 6.86. The number of hydrogen-bond acceptors (Lipinski definition) is 0. The third-order valence-electron chi connectivity index (χ3n) is 1.28. The summed E-state index contributed by atoms with van der Waals surface area (Å²) >= 11 is -1.74. The third-order valence-corrected chi connectivity index (χ3v) is 14.1. The second-order valence-corrected chi connectivity index (χ2v) is 11.9. The average molecular weight is 724 g/mol. The van der Waals surface area contributed by atoms with Crippen molar-refractivity contribution in [2.24, 2.45) is 0 Å². The highest BCUT2D eigenvalue weighted by molar-refractivity contribution is 14.2. The van der Waals surface area contributed by atoms with Crippen LogP contribution in [-0.2, 0) is 0 Å². The van der Waals surface area contributed by atoms with Crippen LogP contribution in [-0.4, -0.2) is 0 Å². The molecule has 0 N–H and O–H groups in total. The maximum absolute atomic E-state index is 6.02. The Hall–Kier alpha value is 3.30. The van der Waals surface area contributed by atoms with Gasteiger partial charge in [0.25, 0.3) is 0 Å². The molecule has 0 bridgehead atoms. The molecule has 4 radical (unpaired) electrons. The van der Waals surface area contributed by atoms with Gasteiger partial charge in [0.05, 0.1) is 0 Å². The minimum absolute atomic E-state index is 0.416. The Labute approximate surface area is 139 Å². The first kappa shape index (κ1) is 15.4. The van der Waals surface area contributed by atoms with Crippen LogP contribution in [0.25, 0.3) is 0 Å². The Morgan fingerprint density at radius 2 is 1.00 bits per heavy atom. The fraction of sp³-hybridized carbons (Fsp3) is 0. The van der Waals surface area contributed by atoms with Crippen molar-refractivity contribution in [3.05, 3.63) is 26.4 Å². The highest BCUT2D eigenvalue weighted by atomic mass is 127. The van der Waals surface area contributed by atoms with Crippen molar-refractivity contribution in [1.82, 2.24) is 0 Å². The van der Waals surface area contributed by atoms with E-state index in [1.54, 1.807) is 0 Å². The van der Waals surface area contributed by atoms with Crippen molar-refractivity contribution < 1.29 is 0 Å². The summed E-state index contributed by atoms with van der Waals surface area (Å²) < 4.78 is 4.99. The van der Waals surface area contributed by atoms with E-state index in [-0.39, 0.29) is 0 Å². The van der Waals surface area contributed by atoms with Gasteiger partial charge in [0.1, 0.15) is 0 Å². The van der Waals surface area contributed by atoms with Gasteiger partial charge in [-0.2, -0.15) is 0 Å². The van der Waals surface area contributed by atoms with Gasteiger partial charge in [-0.25, -0.2) is 0 Å². The van der Waals surface area contributed by atoms with E-state index in [1.807, 2.05) is 0 Å². The lowest BCUT2D eigenvalue weighted by atomic mass is 10.4. The molecular formula is C6H2Cl4I4. The molecule has 0 aliphatic carbocycles. The van der Waals surface area contributed by atoms with Crippen LogP contribution in [0.5, 0.6) is 0 Å². The molecular weight excluding hydrogens is 721 g/mol. The van der Waals surface area contributed by atoms with E-state index in [1.165, 1.54) is 14.3 Å². The molecule has 0 aromatic heterocycles. The molecule has 1 aromatic rings. The first-order valence-corrected chi connectivity index (χ1v) is 18.2. The maximum Gasteiger partial charge on any atom is 0.0471 e. The molecule has 0 atom stereocenters. The highest BCUT2D eigenvalue weighted by Crippen LogP contribution is 2.47. The zero-order valence-corrected chi connectivity index (χ0v) is 17.8. The fourth-order valence-corrected chi connectivity index (χ4v) is 17.5.